The molecule has 5 heteroatoms. The zero-order valence-corrected chi connectivity index (χ0v) is 14.7. The van der Waals surface area contributed by atoms with Crippen LogP contribution in [-0.2, 0) is 11.2 Å². The number of hydrogen-bond acceptors (Lipinski definition) is 1. The fourth-order valence-electron chi connectivity index (χ4n) is 1.77. The van der Waals surface area contributed by atoms with Crippen LogP contribution in [0.1, 0.15) is 26.3 Å². The van der Waals surface area contributed by atoms with Gasteiger partial charge < -0.3 is 5.32 Å². The third kappa shape index (κ3) is 5.57. The molecule has 0 aromatic heterocycles. The molecular weight excluding hydrogens is 288 g/mol. The van der Waals surface area contributed by atoms with Gasteiger partial charge in [0.05, 0.1) is 5.69 Å². The molecule has 0 saturated heterocycles. The van der Waals surface area contributed by atoms with Gasteiger partial charge in [-0.15, -0.1) is 0 Å². The second-order valence-electron chi connectivity index (χ2n) is 7.69. The summed E-state index contributed by atoms with van der Waals surface area (Å²) in [5.41, 5.74) is 0.0266. The standard InChI is InChI=1S/C16H25F2NOSi/c1-16(2,3)15(20)19-14-11(7-8-21(4,5)6)9-12(17)10-13(14)18/h9-10H,7-8H2,1-6H3,(H,19,20). The first-order valence-electron chi connectivity index (χ1n) is 7.19. The van der Waals surface area contributed by atoms with Crippen molar-refractivity contribution >= 4 is 19.7 Å². The number of carbonyl (C=O) groups excluding carboxylic acids is 1. The smallest absolute Gasteiger partial charge is 0.229 e. The Bertz CT molecular complexity index is 530. The first kappa shape index (κ1) is 17.8. The summed E-state index contributed by atoms with van der Waals surface area (Å²) in [6.07, 6.45) is 0.574. The molecule has 1 amide bonds. The van der Waals surface area contributed by atoms with Crippen LogP contribution in [0.25, 0.3) is 0 Å². The molecular formula is C16H25F2NOSi. The number of amides is 1. The van der Waals surface area contributed by atoms with E-state index in [9.17, 15) is 13.6 Å². The zero-order valence-electron chi connectivity index (χ0n) is 13.7. The van der Waals surface area contributed by atoms with Crippen LogP contribution in [0.5, 0.6) is 0 Å². The fraction of sp³-hybridized carbons (Fsp3) is 0.562. The van der Waals surface area contributed by atoms with Gasteiger partial charge in [0.2, 0.25) is 5.91 Å². The Morgan fingerprint density at radius 1 is 1.19 bits per heavy atom. The Labute approximate surface area is 127 Å². The maximum atomic E-state index is 14.0. The second-order valence-corrected chi connectivity index (χ2v) is 13.3. The molecule has 0 atom stereocenters. The summed E-state index contributed by atoms with van der Waals surface area (Å²) in [6.45, 7) is 11.9. The van der Waals surface area contributed by atoms with Crippen LogP contribution in [0.15, 0.2) is 12.1 Å². The van der Waals surface area contributed by atoms with Gasteiger partial charge in [-0.2, -0.15) is 0 Å². The highest BCUT2D eigenvalue weighted by atomic mass is 28.3. The lowest BCUT2D eigenvalue weighted by atomic mass is 9.95. The highest BCUT2D eigenvalue weighted by Gasteiger charge is 2.24. The van der Waals surface area contributed by atoms with Gasteiger partial charge >= 0.3 is 0 Å². The predicted octanol–water partition coefficient (Wildman–Crippen LogP) is 4.83. The van der Waals surface area contributed by atoms with Crippen LogP contribution in [-0.4, -0.2) is 14.0 Å². The van der Waals surface area contributed by atoms with Gasteiger partial charge in [-0.25, -0.2) is 8.78 Å². The minimum absolute atomic E-state index is 0.120. The highest BCUT2D eigenvalue weighted by molar-refractivity contribution is 6.76. The van der Waals surface area contributed by atoms with Crippen molar-refractivity contribution < 1.29 is 13.6 Å². The summed E-state index contributed by atoms with van der Waals surface area (Å²) in [4.78, 5) is 12.1. The number of aryl methyl sites for hydroxylation is 1. The molecule has 21 heavy (non-hydrogen) atoms. The monoisotopic (exact) mass is 313 g/mol. The molecule has 0 aliphatic rings. The van der Waals surface area contributed by atoms with Gasteiger partial charge in [-0.3, -0.25) is 4.79 Å². The molecule has 0 spiro atoms. The van der Waals surface area contributed by atoms with E-state index in [4.69, 9.17) is 0 Å². The molecule has 0 bridgehead atoms. The molecule has 0 fully saturated rings. The van der Waals surface area contributed by atoms with Crippen LogP contribution in [0, 0.1) is 17.0 Å². The van der Waals surface area contributed by atoms with Gasteiger partial charge in [0.15, 0.2) is 0 Å². The summed E-state index contributed by atoms with van der Waals surface area (Å²) < 4.78 is 27.5. The van der Waals surface area contributed by atoms with Crippen molar-refractivity contribution in [2.45, 2.75) is 52.9 Å². The summed E-state index contributed by atoms with van der Waals surface area (Å²) >= 11 is 0. The highest BCUT2D eigenvalue weighted by Crippen LogP contribution is 2.27. The molecule has 0 saturated carbocycles. The number of carbonyl (C=O) groups is 1. The van der Waals surface area contributed by atoms with Crippen LogP contribution in [0.2, 0.25) is 25.7 Å². The van der Waals surface area contributed by atoms with Crippen LogP contribution in [0.4, 0.5) is 14.5 Å². The lowest BCUT2D eigenvalue weighted by Crippen LogP contribution is -2.29. The van der Waals surface area contributed by atoms with Crippen LogP contribution >= 0.6 is 0 Å². The number of nitrogens with one attached hydrogen (secondary N) is 1. The van der Waals surface area contributed by atoms with Crippen molar-refractivity contribution in [1.82, 2.24) is 0 Å². The van der Waals surface area contributed by atoms with E-state index in [0.29, 0.717) is 12.0 Å². The van der Waals surface area contributed by atoms with Crippen LogP contribution < -0.4 is 5.32 Å². The summed E-state index contributed by atoms with van der Waals surface area (Å²) in [5.74, 6) is -1.59. The van der Waals surface area contributed by atoms with Crippen LogP contribution in [0.3, 0.4) is 0 Å². The first-order chi connectivity index (χ1) is 9.40. The van der Waals surface area contributed by atoms with E-state index >= 15 is 0 Å². The lowest BCUT2D eigenvalue weighted by molar-refractivity contribution is -0.123. The summed E-state index contributed by atoms with van der Waals surface area (Å²) in [6, 6.07) is 3.05. The molecule has 0 radical (unpaired) electrons. The second kappa shape index (κ2) is 6.26. The topological polar surface area (TPSA) is 29.1 Å². The lowest BCUT2D eigenvalue weighted by Gasteiger charge is -2.21. The average Bonchev–Trinajstić information content (AvgIpc) is 2.27. The minimum Gasteiger partial charge on any atom is -0.323 e. The third-order valence-corrected chi connectivity index (χ3v) is 4.95. The summed E-state index contributed by atoms with van der Waals surface area (Å²) in [7, 11) is -1.33. The van der Waals surface area contributed by atoms with E-state index in [1.165, 1.54) is 6.07 Å². The maximum absolute atomic E-state index is 14.0. The van der Waals surface area contributed by atoms with Crippen molar-refractivity contribution in [3.8, 4) is 0 Å². The third-order valence-electron chi connectivity index (χ3n) is 3.20. The molecule has 1 rings (SSSR count). The van der Waals surface area contributed by atoms with Gasteiger partial charge in [-0.1, -0.05) is 46.5 Å². The molecule has 0 heterocycles. The first-order valence-corrected chi connectivity index (χ1v) is 10.9. The number of hydrogen-bond donors (Lipinski definition) is 1. The Morgan fingerprint density at radius 3 is 2.24 bits per heavy atom. The fourth-order valence-corrected chi connectivity index (χ4v) is 2.79. The SMILES string of the molecule is CC(C)(C)C(=O)Nc1c(F)cc(F)cc1CC[Si](C)(C)C. The normalized spacial score (nSPS) is 12.4. The van der Waals surface area contributed by atoms with Gasteiger partial charge in [0.25, 0.3) is 0 Å². The Balaban J connectivity index is 3.09. The Morgan fingerprint density at radius 2 is 1.76 bits per heavy atom. The van der Waals surface area contributed by atoms with E-state index in [1.807, 2.05) is 0 Å². The molecule has 1 N–H and O–H groups in total. The van der Waals surface area contributed by atoms with E-state index in [-0.39, 0.29) is 11.6 Å². The zero-order chi connectivity index (χ0) is 16.4. The van der Waals surface area contributed by atoms with E-state index in [0.717, 1.165) is 12.1 Å². The molecule has 1 aromatic rings. The van der Waals surface area contributed by atoms with Gasteiger partial charge in [0.1, 0.15) is 11.6 Å². The van der Waals surface area contributed by atoms with Crippen molar-refractivity contribution in [3.05, 3.63) is 29.3 Å². The molecule has 0 aliphatic heterocycles. The molecule has 2 nitrogen and oxygen atoms in total. The number of anilines is 1. The minimum atomic E-state index is -1.33. The number of rotatable bonds is 4. The number of halogens is 2. The van der Waals surface area contributed by atoms with Gasteiger partial charge in [0, 0.05) is 19.6 Å². The van der Waals surface area contributed by atoms with Gasteiger partial charge in [-0.05, 0) is 18.1 Å². The predicted molar refractivity (Wildman–Crippen MR) is 86.3 cm³/mol. The Kier molecular flexibility index (Phi) is 5.31. The molecule has 118 valence electrons. The van der Waals surface area contributed by atoms with Crippen molar-refractivity contribution in [2.75, 3.05) is 5.32 Å². The largest absolute Gasteiger partial charge is 0.323 e. The van der Waals surface area contributed by atoms with Crippen molar-refractivity contribution in [3.63, 3.8) is 0 Å². The summed E-state index contributed by atoms with van der Waals surface area (Å²) in [5, 5.41) is 2.62. The van der Waals surface area contributed by atoms with E-state index in [1.54, 1.807) is 20.8 Å². The maximum Gasteiger partial charge on any atom is 0.229 e. The average molecular weight is 313 g/mol. The molecule has 0 unspecified atom stereocenters. The van der Waals surface area contributed by atoms with Crippen molar-refractivity contribution in [1.29, 1.82) is 0 Å². The van der Waals surface area contributed by atoms with Crippen molar-refractivity contribution in [2.24, 2.45) is 5.41 Å². The van der Waals surface area contributed by atoms with E-state index < -0.39 is 25.1 Å². The Hall–Kier alpha value is -1.23. The molecule has 1 aromatic carbocycles. The van der Waals surface area contributed by atoms with E-state index in [2.05, 4.69) is 25.0 Å². The quantitative estimate of drug-likeness (QED) is 0.793. The number of benzene rings is 1. The molecule has 0 aliphatic carbocycles.